The summed E-state index contributed by atoms with van der Waals surface area (Å²) in [5, 5.41) is 12.2. The van der Waals surface area contributed by atoms with E-state index in [9.17, 15) is 9.59 Å². The molecule has 0 aliphatic rings. The minimum Gasteiger partial charge on any atom is -0.478 e. The van der Waals surface area contributed by atoms with Crippen LogP contribution in [0.5, 0.6) is 0 Å². The normalized spacial score (nSPS) is 9.54. The van der Waals surface area contributed by atoms with Crippen LogP contribution in [0.3, 0.4) is 0 Å². The second kappa shape index (κ2) is 3.66. The molecular weight excluding hydrogens is 172 g/mol. The van der Waals surface area contributed by atoms with Gasteiger partial charge in [-0.25, -0.2) is 9.48 Å². The van der Waals surface area contributed by atoms with Crippen molar-refractivity contribution in [1.82, 2.24) is 9.78 Å². The summed E-state index contributed by atoms with van der Waals surface area (Å²) < 4.78 is 1.04. The van der Waals surface area contributed by atoms with Gasteiger partial charge in [-0.1, -0.05) is 6.58 Å². The Kier molecular flexibility index (Phi) is 2.59. The lowest BCUT2D eigenvalue weighted by atomic mass is 10.3. The van der Waals surface area contributed by atoms with Crippen molar-refractivity contribution >= 4 is 5.97 Å². The van der Waals surface area contributed by atoms with Gasteiger partial charge in [-0.2, -0.15) is 5.10 Å². The third kappa shape index (κ3) is 2.26. The SMILES string of the molecule is C=C(Cn1ncccc1=O)C(=O)O. The van der Waals surface area contributed by atoms with Crippen LogP contribution in [-0.2, 0) is 11.3 Å². The fourth-order valence-corrected chi connectivity index (χ4v) is 0.754. The Labute approximate surface area is 73.9 Å². The van der Waals surface area contributed by atoms with Crippen LogP contribution in [0.15, 0.2) is 35.3 Å². The zero-order valence-corrected chi connectivity index (χ0v) is 6.80. The molecule has 0 aliphatic carbocycles. The smallest absolute Gasteiger partial charge is 0.332 e. The van der Waals surface area contributed by atoms with Crippen LogP contribution in [0.2, 0.25) is 0 Å². The third-order valence-corrected chi connectivity index (χ3v) is 1.43. The van der Waals surface area contributed by atoms with Crippen molar-refractivity contribution in [3.05, 3.63) is 40.8 Å². The highest BCUT2D eigenvalue weighted by atomic mass is 16.4. The molecule has 0 aromatic carbocycles. The van der Waals surface area contributed by atoms with Gasteiger partial charge in [0.1, 0.15) is 0 Å². The molecule has 13 heavy (non-hydrogen) atoms. The summed E-state index contributed by atoms with van der Waals surface area (Å²) in [5.41, 5.74) is -0.411. The van der Waals surface area contributed by atoms with E-state index >= 15 is 0 Å². The van der Waals surface area contributed by atoms with Gasteiger partial charge in [0.15, 0.2) is 0 Å². The van der Waals surface area contributed by atoms with E-state index in [1.54, 1.807) is 0 Å². The lowest BCUT2D eigenvalue weighted by Gasteiger charge is -2.01. The highest BCUT2D eigenvalue weighted by Gasteiger charge is 2.05. The maximum atomic E-state index is 11.0. The Balaban J connectivity index is 2.87. The second-order valence-electron chi connectivity index (χ2n) is 2.43. The maximum absolute atomic E-state index is 11.0. The van der Waals surface area contributed by atoms with E-state index in [1.807, 2.05) is 0 Å². The molecule has 0 fully saturated rings. The fraction of sp³-hybridized carbons (Fsp3) is 0.125. The van der Waals surface area contributed by atoms with E-state index in [4.69, 9.17) is 5.11 Å². The van der Waals surface area contributed by atoms with Crippen molar-refractivity contribution in [2.75, 3.05) is 0 Å². The molecule has 0 unspecified atom stereocenters. The second-order valence-corrected chi connectivity index (χ2v) is 2.43. The molecule has 0 radical (unpaired) electrons. The minimum absolute atomic E-state index is 0.0687. The molecule has 0 spiro atoms. The lowest BCUT2D eigenvalue weighted by Crippen LogP contribution is -2.23. The summed E-state index contributed by atoms with van der Waals surface area (Å²) in [4.78, 5) is 21.4. The number of aliphatic carboxylic acids is 1. The van der Waals surface area contributed by atoms with Gasteiger partial charge in [0.25, 0.3) is 5.56 Å². The Morgan fingerprint density at radius 3 is 2.92 bits per heavy atom. The number of rotatable bonds is 3. The number of aromatic nitrogens is 2. The van der Waals surface area contributed by atoms with Gasteiger partial charge in [0, 0.05) is 12.3 Å². The van der Waals surface area contributed by atoms with Crippen molar-refractivity contribution in [2.45, 2.75) is 6.54 Å². The molecule has 0 aliphatic heterocycles. The van der Waals surface area contributed by atoms with Crippen molar-refractivity contribution in [2.24, 2.45) is 0 Å². The molecule has 0 saturated carbocycles. The highest BCUT2D eigenvalue weighted by Crippen LogP contribution is 1.91. The summed E-state index contributed by atoms with van der Waals surface area (Å²) >= 11 is 0. The summed E-state index contributed by atoms with van der Waals surface area (Å²) in [6, 6.07) is 2.80. The lowest BCUT2D eigenvalue weighted by molar-refractivity contribution is -0.132. The molecular formula is C8H8N2O3. The van der Waals surface area contributed by atoms with Crippen LogP contribution in [0.25, 0.3) is 0 Å². The first-order valence-corrected chi connectivity index (χ1v) is 3.54. The van der Waals surface area contributed by atoms with E-state index in [2.05, 4.69) is 11.7 Å². The van der Waals surface area contributed by atoms with Gasteiger partial charge < -0.3 is 5.11 Å². The molecule has 1 aromatic heterocycles. The average molecular weight is 180 g/mol. The van der Waals surface area contributed by atoms with Gasteiger partial charge in [0.05, 0.1) is 12.1 Å². The first kappa shape index (κ1) is 9.18. The zero-order chi connectivity index (χ0) is 9.84. The van der Waals surface area contributed by atoms with Gasteiger partial charge in [-0.05, 0) is 6.07 Å². The van der Waals surface area contributed by atoms with Crippen molar-refractivity contribution in [3.8, 4) is 0 Å². The molecule has 0 saturated heterocycles. The number of hydrogen-bond donors (Lipinski definition) is 1. The third-order valence-electron chi connectivity index (χ3n) is 1.43. The topological polar surface area (TPSA) is 72.2 Å². The highest BCUT2D eigenvalue weighted by molar-refractivity contribution is 5.85. The molecule has 5 nitrogen and oxygen atoms in total. The summed E-state index contributed by atoms with van der Waals surface area (Å²) in [6.45, 7) is 3.20. The molecule has 68 valence electrons. The zero-order valence-electron chi connectivity index (χ0n) is 6.80. The van der Waals surface area contributed by atoms with Gasteiger partial charge in [0.2, 0.25) is 0 Å². The summed E-state index contributed by atoms with van der Waals surface area (Å²) in [7, 11) is 0. The number of carbonyl (C=O) groups is 1. The van der Waals surface area contributed by atoms with Crippen LogP contribution < -0.4 is 5.56 Å². The van der Waals surface area contributed by atoms with E-state index in [1.165, 1.54) is 18.3 Å². The first-order chi connectivity index (χ1) is 6.11. The molecule has 0 amide bonds. The molecule has 1 aromatic rings. The van der Waals surface area contributed by atoms with Crippen LogP contribution in [-0.4, -0.2) is 20.9 Å². The van der Waals surface area contributed by atoms with E-state index < -0.39 is 5.97 Å². The van der Waals surface area contributed by atoms with Crippen molar-refractivity contribution in [3.63, 3.8) is 0 Å². The monoisotopic (exact) mass is 180 g/mol. The largest absolute Gasteiger partial charge is 0.478 e. The number of carboxylic acid groups (broad SMARTS) is 1. The predicted molar refractivity (Wildman–Crippen MR) is 45.3 cm³/mol. The van der Waals surface area contributed by atoms with Crippen molar-refractivity contribution in [1.29, 1.82) is 0 Å². The summed E-state index contributed by atoms with van der Waals surface area (Å²) in [5.74, 6) is -1.13. The molecule has 5 heteroatoms. The quantitative estimate of drug-likeness (QED) is 0.658. The Hall–Kier alpha value is -1.91. The number of nitrogens with zero attached hydrogens (tertiary/aromatic N) is 2. The Bertz CT molecular complexity index is 394. The molecule has 1 rings (SSSR count). The van der Waals surface area contributed by atoms with Gasteiger partial charge in [-0.3, -0.25) is 4.79 Å². The Morgan fingerprint density at radius 2 is 2.38 bits per heavy atom. The van der Waals surface area contributed by atoms with Gasteiger partial charge in [-0.15, -0.1) is 0 Å². The number of hydrogen-bond acceptors (Lipinski definition) is 3. The van der Waals surface area contributed by atoms with Crippen molar-refractivity contribution < 1.29 is 9.90 Å². The minimum atomic E-state index is -1.13. The molecule has 1 heterocycles. The van der Waals surface area contributed by atoms with Crippen LogP contribution in [0.4, 0.5) is 0 Å². The molecule has 1 N–H and O–H groups in total. The van der Waals surface area contributed by atoms with Crippen LogP contribution in [0.1, 0.15) is 0 Å². The molecule has 0 atom stereocenters. The van der Waals surface area contributed by atoms with E-state index in [0.717, 1.165) is 4.68 Å². The number of carboxylic acids is 1. The van der Waals surface area contributed by atoms with Gasteiger partial charge >= 0.3 is 5.97 Å². The Morgan fingerprint density at radius 1 is 1.69 bits per heavy atom. The fourth-order valence-electron chi connectivity index (χ4n) is 0.754. The average Bonchev–Trinajstić information content (AvgIpc) is 2.08. The van der Waals surface area contributed by atoms with Crippen LogP contribution in [0, 0.1) is 0 Å². The maximum Gasteiger partial charge on any atom is 0.332 e. The standard InChI is InChI=1S/C8H8N2O3/c1-6(8(12)13)5-10-7(11)3-2-4-9-10/h2-4H,1,5H2,(H,12,13). The molecule has 0 bridgehead atoms. The summed E-state index contributed by atoms with van der Waals surface area (Å²) in [6.07, 6.45) is 1.41. The predicted octanol–water partition coefficient (Wildman–Crippen LogP) is -0.116. The van der Waals surface area contributed by atoms with E-state index in [0.29, 0.717) is 0 Å². The first-order valence-electron chi connectivity index (χ1n) is 3.54. The van der Waals surface area contributed by atoms with E-state index in [-0.39, 0.29) is 17.7 Å². The van der Waals surface area contributed by atoms with Crippen LogP contribution >= 0.6 is 0 Å².